The molecule has 4 heteroatoms. The van der Waals surface area contributed by atoms with Crippen molar-refractivity contribution in [3.63, 3.8) is 0 Å². The van der Waals surface area contributed by atoms with E-state index in [1.807, 2.05) is 19.9 Å². The molecule has 23 heavy (non-hydrogen) atoms. The second-order valence-electron chi connectivity index (χ2n) is 6.50. The third-order valence-electron chi connectivity index (χ3n) is 5.03. The summed E-state index contributed by atoms with van der Waals surface area (Å²) in [6.07, 6.45) is 7.33. The zero-order valence-electron chi connectivity index (χ0n) is 14.3. The van der Waals surface area contributed by atoms with Crippen LogP contribution in [0.4, 0.5) is 4.39 Å². The Morgan fingerprint density at radius 3 is 2.30 bits per heavy atom. The van der Waals surface area contributed by atoms with Crippen molar-refractivity contribution >= 4 is 26.8 Å². The molecule has 2 aromatic rings. The second-order valence-corrected chi connectivity index (χ2v) is 7.36. The minimum atomic E-state index is -0.169. The zero-order chi connectivity index (χ0) is 16.6. The standard InChI is InChI=1S/C17H20BrFN2.C2H6/c1-11-10-21(17-9-16(19)15(18)8-14(11)17)13-4-6-20(7-5-13)12-2-3-12;1-2/h8-10,12-13H,2-7H2,1H3;1-2H3. The number of aromatic nitrogens is 1. The van der Waals surface area contributed by atoms with Gasteiger partial charge in [-0.15, -0.1) is 0 Å². The van der Waals surface area contributed by atoms with E-state index < -0.39 is 0 Å². The van der Waals surface area contributed by atoms with Gasteiger partial charge in [0.1, 0.15) is 5.82 Å². The van der Waals surface area contributed by atoms with Gasteiger partial charge in [-0.3, -0.25) is 0 Å². The fourth-order valence-electron chi connectivity index (χ4n) is 3.68. The van der Waals surface area contributed by atoms with Gasteiger partial charge in [0.2, 0.25) is 0 Å². The highest BCUT2D eigenvalue weighted by atomic mass is 79.9. The van der Waals surface area contributed by atoms with Gasteiger partial charge in [0.15, 0.2) is 0 Å². The molecule has 2 aliphatic rings. The van der Waals surface area contributed by atoms with Crippen LogP contribution < -0.4 is 0 Å². The van der Waals surface area contributed by atoms with Crippen LogP contribution in [0.15, 0.2) is 22.8 Å². The van der Waals surface area contributed by atoms with Crippen LogP contribution in [-0.4, -0.2) is 28.6 Å². The Bertz CT molecular complexity index is 682. The van der Waals surface area contributed by atoms with Gasteiger partial charge in [0.05, 0.1) is 9.99 Å². The number of nitrogens with zero attached hydrogens (tertiary/aromatic N) is 2. The smallest absolute Gasteiger partial charge is 0.139 e. The maximum absolute atomic E-state index is 13.9. The molecule has 0 amide bonds. The number of piperidine rings is 1. The van der Waals surface area contributed by atoms with Gasteiger partial charge in [0.25, 0.3) is 0 Å². The highest BCUT2D eigenvalue weighted by Gasteiger charge is 2.32. The molecular weight excluding hydrogens is 355 g/mol. The van der Waals surface area contributed by atoms with Crippen molar-refractivity contribution in [2.75, 3.05) is 13.1 Å². The molecule has 0 unspecified atom stereocenters. The molecule has 4 rings (SSSR count). The maximum atomic E-state index is 13.9. The van der Waals surface area contributed by atoms with Crippen molar-refractivity contribution in [3.8, 4) is 0 Å². The Morgan fingerprint density at radius 1 is 1.04 bits per heavy atom. The Kier molecular flexibility index (Phi) is 5.12. The minimum Gasteiger partial charge on any atom is -0.344 e. The van der Waals surface area contributed by atoms with Gasteiger partial charge in [-0.25, -0.2) is 4.39 Å². The normalized spacial score (nSPS) is 19.7. The number of likely N-dealkylation sites (tertiary alicyclic amines) is 1. The number of halogens is 2. The molecule has 0 bridgehead atoms. The first-order valence-electron chi connectivity index (χ1n) is 8.83. The lowest BCUT2D eigenvalue weighted by Crippen LogP contribution is -2.35. The third-order valence-corrected chi connectivity index (χ3v) is 5.64. The zero-order valence-corrected chi connectivity index (χ0v) is 15.9. The third kappa shape index (κ3) is 3.34. The molecule has 1 saturated heterocycles. The average molecular weight is 381 g/mol. The number of hydrogen-bond donors (Lipinski definition) is 0. The lowest BCUT2D eigenvalue weighted by atomic mass is 10.0. The summed E-state index contributed by atoms with van der Waals surface area (Å²) in [6.45, 7) is 8.49. The first-order chi connectivity index (χ1) is 11.1. The number of fused-ring (bicyclic) bond motifs is 1. The molecule has 2 fully saturated rings. The Hall–Kier alpha value is -0.870. The van der Waals surface area contributed by atoms with Crippen LogP contribution in [0.2, 0.25) is 0 Å². The van der Waals surface area contributed by atoms with E-state index in [-0.39, 0.29) is 5.82 Å². The fourth-order valence-corrected chi connectivity index (χ4v) is 4.03. The maximum Gasteiger partial charge on any atom is 0.139 e. The summed E-state index contributed by atoms with van der Waals surface area (Å²) in [4.78, 5) is 2.63. The largest absolute Gasteiger partial charge is 0.344 e. The Labute approximate surface area is 146 Å². The molecule has 0 radical (unpaired) electrons. The van der Waals surface area contributed by atoms with E-state index in [2.05, 4.69) is 38.5 Å². The van der Waals surface area contributed by atoms with Crippen LogP contribution in [-0.2, 0) is 0 Å². The SMILES string of the molecule is CC.Cc1cn(C2CCN(C3CC3)CC2)c2cc(F)c(Br)cc12. The highest BCUT2D eigenvalue weighted by Crippen LogP contribution is 2.35. The molecular formula is C19H26BrFN2. The van der Waals surface area contributed by atoms with Gasteiger partial charge < -0.3 is 9.47 Å². The van der Waals surface area contributed by atoms with Gasteiger partial charge >= 0.3 is 0 Å². The lowest BCUT2D eigenvalue weighted by molar-refractivity contribution is 0.180. The van der Waals surface area contributed by atoms with Gasteiger partial charge in [-0.1, -0.05) is 13.8 Å². The average Bonchev–Trinajstić information content (AvgIpc) is 3.37. The Morgan fingerprint density at radius 2 is 1.70 bits per heavy atom. The number of hydrogen-bond acceptors (Lipinski definition) is 1. The topological polar surface area (TPSA) is 8.17 Å². The molecule has 0 spiro atoms. The van der Waals surface area contributed by atoms with Crippen LogP contribution in [0.25, 0.3) is 10.9 Å². The van der Waals surface area contributed by atoms with Crippen LogP contribution >= 0.6 is 15.9 Å². The molecule has 0 atom stereocenters. The van der Waals surface area contributed by atoms with E-state index in [0.717, 1.165) is 16.9 Å². The van der Waals surface area contributed by atoms with Crippen molar-refractivity contribution in [2.24, 2.45) is 0 Å². The van der Waals surface area contributed by atoms with E-state index in [9.17, 15) is 4.39 Å². The van der Waals surface area contributed by atoms with Gasteiger partial charge in [-0.05, 0) is 66.2 Å². The van der Waals surface area contributed by atoms with Crippen molar-refractivity contribution < 1.29 is 4.39 Å². The van der Waals surface area contributed by atoms with Gasteiger partial charge in [0, 0.05) is 36.8 Å². The quantitative estimate of drug-likeness (QED) is 0.650. The first kappa shape index (κ1) is 17.0. The molecule has 2 heterocycles. The Balaban J connectivity index is 0.000000753. The minimum absolute atomic E-state index is 0.169. The van der Waals surface area contributed by atoms with E-state index in [1.54, 1.807) is 6.07 Å². The summed E-state index contributed by atoms with van der Waals surface area (Å²) in [5, 5.41) is 1.16. The molecule has 0 N–H and O–H groups in total. The predicted molar refractivity (Wildman–Crippen MR) is 98.5 cm³/mol. The molecule has 1 aliphatic heterocycles. The number of benzene rings is 1. The second kappa shape index (κ2) is 6.94. The van der Waals surface area contributed by atoms with Crippen LogP contribution in [0, 0.1) is 12.7 Å². The summed E-state index contributed by atoms with van der Waals surface area (Å²) in [6, 6.07) is 4.97. The molecule has 1 saturated carbocycles. The van der Waals surface area contributed by atoms with Crippen molar-refractivity contribution in [1.82, 2.24) is 9.47 Å². The van der Waals surface area contributed by atoms with Crippen molar-refractivity contribution in [3.05, 3.63) is 34.2 Å². The van der Waals surface area contributed by atoms with Crippen molar-refractivity contribution in [1.29, 1.82) is 0 Å². The molecule has 1 aromatic carbocycles. The van der Waals surface area contributed by atoms with E-state index >= 15 is 0 Å². The van der Waals surface area contributed by atoms with Crippen LogP contribution in [0.1, 0.15) is 51.1 Å². The molecule has 1 aliphatic carbocycles. The molecule has 2 nitrogen and oxygen atoms in total. The fraction of sp³-hybridized carbons (Fsp3) is 0.579. The van der Waals surface area contributed by atoms with E-state index in [4.69, 9.17) is 0 Å². The summed E-state index contributed by atoms with van der Waals surface area (Å²) in [5.41, 5.74) is 2.27. The summed E-state index contributed by atoms with van der Waals surface area (Å²) in [5.74, 6) is -0.169. The first-order valence-corrected chi connectivity index (χ1v) is 9.63. The number of aryl methyl sites for hydroxylation is 1. The van der Waals surface area contributed by atoms with Crippen molar-refractivity contribution in [2.45, 2.75) is 58.5 Å². The summed E-state index contributed by atoms with van der Waals surface area (Å²) in [7, 11) is 0. The van der Waals surface area contributed by atoms with E-state index in [0.29, 0.717) is 10.5 Å². The molecule has 1 aromatic heterocycles. The number of rotatable bonds is 2. The summed E-state index contributed by atoms with van der Waals surface area (Å²) < 4.78 is 16.8. The van der Waals surface area contributed by atoms with Crippen LogP contribution in [0.3, 0.4) is 0 Å². The van der Waals surface area contributed by atoms with Gasteiger partial charge in [-0.2, -0.15) is 0 Å². The summed E-state index contributed by atoms with van der Waals surface area (Å²) >= 11 is 3.30. The lowest BCUT2D eigenvalue weighted by Gasteiger charge is -2.33. The molecule has 126 valence electrons. The van der Waals surface area contributed by atoms with Crippen LogP contribution in [0.5, 0.6) is 0 Å². The van der Waals surface area contributed by atoms with E-state index in [1.165, 1.54) is 44.3 Å². The monoisotopic (exact) mass is 380 g/mol. The highest BCUT2D eigenvalue weighted by molar-refractivity contribution is 9.10. The predicted octanol–water partition coefficient (Wildman–Crippen LogP) is 5.68.